The van der Waals surface area contributed by atoms with Gasteiger partial charge in [-0.25, -0.2) is 4.98 Å². The first-order valence-corrected chi connectivity index (χ1v) is 15.2. The lowest BCUT2D eigenvalue weighted by atomic mass is 10.0. The zero-order valence-corrected chi connectivity index (χ0v) is 25.0. The third-order valence-electron chi connectivity index (χ3n) is 6.89. The summed E-state index contributed by atoms with van der Waals surface area (Å²) in [7, 11) is -2.92. The number of carbonyl (C=O) groups is 2. The minimum Gasteiger partial charge on any atom is -0.392 e. The van der Waals surface area contributed by atoms with Gasteiger partial charge in [-0.1, -0.05) is 35.9 Å². The second-order valence-electron chi connectivity index (χ2n) is 9.77. The lowest BCUT2D eigenvalue weighted by Gasteiger charge is -2.20. The highest BCUT2D eigenvalue weighted by atomic mass is 32.2. The van der Waals surface area contributed by atoms with Gasteiger partial charge in [0.1, 0.15) is 0 Å². The van der Waals surface area contributed by atoms with Gasteiger partial charge in [-0.05, 0) is 73.9 Å². The molecule has 0 aliphatic carbocycles. The number of rotatable bonds is 9. The molecule has 1 N–H and O–H groups in total. The minimum absolute atomic E-state index is 0.0703. The van der Waals surface area contributed by atoms with E-state index in [2.05, 4.69) is 4.98 Å². The van der Waals surface area contributed by atoms with Gasteiger partial charge in [0.05, 0.1) is 28.5 Å². The number of carbonyl (C=O) groups excluding carboxylic acids is 2. The van der Waals surface area contributed by atoms with Crippen LogP contribution in [0.3, 0.4) is 0 Å². The van der Waals surface area contributed by atoms with Crippen LogP contribution in [0.4, 0.5) is 5.82 Å². The van der Waals surface area contributed by atoms with E-state index < -0.39 is 16.0 Å². The molecule has 0 atom stereocenters. The van der Waals surface area contributed by atoms with Crippen molar-refractivity contribution in [2.75, 3.05) is 12.2 Å². The summed E-state index contributed by atoms with van der Waals surface area (Å²) in [5.41, 5.74) is 3.69. The predicted octanol–water partition coefficient (Wildman–Crippen LogP) is 5.87. The van der Waals surface area contributed by atoms with Crippen molar-refractivity contribution in [3.63, 3.8) is 0 Å². The molecule has 0 saturated heterocycles. The quantitative estimate of drug-likeness (QED) is 0.164. The van der Waals surface area contributed by atoms with Gasteiger partial charge >= 0.3 is 10.1 Å². The SMILES string of the molecule is COCc1ccc(C(C)=O)c2sc(C(=O)N(OS(=O)(=O)c3ccc(C)cc3)c3ccc4c(CO)cccc4n3)c(C)c12. The van der Waals surface area contributed by atoms with Crippen molar-refractivity contribution in [2.45, 2.75) is 38.9 Å². The number of aliphatic hydroxyl groups excluding tert-OH is 1. The summed E-state index contributed by atoms with van der Waals surface area (Å²) in [4.78, 5) is 31.3. The predicted molar refractivity (Wildman–Crippen MR) is 161 cm³/mol. The smallest absolute Gasteiger partial charge is 0.318 e. The average Bonchev–Trinajstić information content (AvgIpc) is 3.32. The van der Waals surface area contributed by atoms with E-state index in [0.717, 1.165) is 22.5 Å². The number of hydroxylamine groups is 1. The zero-order chi connectivity index (χ0) is 30.2. The second-order valence-corrected chi connectivity index (χ2v) is 12.3. The molecule has 0 bridgehead atoms. The Morgan fingerprint density at radius 1 is 0.976 bits per heavy atom. The number of ketones is 1. The summed E-state index contributed by atoms with van der Waals surface area (Å²) < 4.78 is 38.4. The molecule has 5 rings (SSSR count). The van der Waals surface area contributed by atoms with E-state index >= 15 is 0 Å². The number of aliphatic hydroxyl groups is 1. The molecule has 1 amide bonds. The highest BCUT2D eigenvalue weighted by Crippen LogP contribution is 2.38. The van der Waals surface area contributed by atoms with Crippen molar-refractivity contribution in [2.24, 2.45) is 0 Å². The Morgan fingerprint density at radius 2 is 1.71 bits per heavy atom. The maximum absolute atomic E-state index is 14.3. The summed E-state index contributed by atoms with van der Waals surface area (Å²) in [6, 6.07) is 17.8. The van der Waals surface area contributed by atoms with Crippen LogP contribution in [0.5, 0.6) is 0 Å². The summed E-state index contributed by atoms with van der Waals surface area (Å²) in [6.07, 6.45) is 0. The topological polar surface area (TPSA) is 123 Å². The number of fused-ring (bicyclic) bond motifs is 2. The molecular formula is C31H28N2O7S2. The number of anilines is 1. The molecule has 11 heteroatoms. The molecule has 42 heavy (non-hydrogen) atoms. The molecule has 0 spiro atoms. The van der Waals surface area contributed by atoms with Gasteiger partial charge in [0.2, 0.25) is 0 Å². The number of pyridine rings is 1. The molecule has 0 aliphatic rings. The summed E-state index contributed by atoms with van der Waals surface area (Å²) >= 11 is 1.08. The number of hydrogen-bond acceptors (Lipinski definition) is 9. The van der Waals surface area contributed by atoms with Crippen molar-refractivity contribution in [3.8, 4) is 0 Å². The Hall–Kier alpha value is -4.00. The van der Waals surface area contributed by atoms with Crippen LogP contribution in [0.2, 0.25) is 0 Å². The number of aromatic nitrogens is 1. The van der Waals surface area contributed by atoms with Crippen LogP contribution in [0.15, 0.2) is 71.6 Å². The van der Waals surface area contributed by atoms with Gasteiger partial charge < -0.3 is 9.84 Å². The Morgan fingerprint density at radius 3 is 2.38 bits per heavy atom. The van der Waals surface area contributed by atoms with Gasteiger partial charge in [-0.2, -0.15) is 8.42 Å². The van der Waals surface area contributed by atoms with Crippen molar-refractivity contribution in [1.82, 2.24) is 4.98 Å². The van der Waals surface area contributed by atoms with Gasteiger partial charge in [-0.15, -0.1) is 20.7 Å². The maximum atomic E-state index is 14.3. The standard InChI is InChI=1S/C31H28N2O7S2/c1-18-8-11-23(12-9-18)42(37,38)40-33(27-15-14-25-21(16-34)6-5-7-26(25)32-27)31(36)29-19(2)28-22(17-39-4)10-13-24(20(3)35)30(28)41-29/h5-15,34H,16-17H2,1-4H3. The molecule has 0 aliphatic heterocycles. The molecule has 0 unspecified atom stereocenters. The van der Waals surface area contributed by atoms with Crippen LogP contribution < -0.4 is 5.06 Å². The third kappa shape index (κ3) is 5.44. The zero-order valence-electron chi connectivity index (χ0n) is 23.4. The van der Waals surface area contributed by atoms with Crippen LogP contribution in [0, 0.1) is 13.8 Å². The molecule has 0 saturated carbocycles. The van der Waals surface area contributed by atoms with Gasteiger partial charge in [0, 0.05) is 28.1 Å². The molecule has 5 aromatic rings. The highest BCUT2D eigenvalue weighted by Gasteiger charge is 2.32. The fourth-order valence-corrected chi connectivity index (χ4v) is 7.00. The Bertz CT molecular complexity index is 1950. The van der Waals surface area contributed by atoms with E-state index in [-0.39, 0.29) is 34.6 Å². The van der Waals surface area contributed by atoms with E-state index in [1.165, 1.54) is 25.1 Å². The van der Waals surface area contributed by atoms with E-state index in [9.17, 15) is 23.1 Å². The molecule has 0 radical (unpaired) electrons. The molecule has 0 fully saturated rings. The van der Waals surface area contributed by atoms with Crippen LogP contribution in [0.25, 0.3) is 21.0 Å². The van der Waals surface area contributed by atoms with E-state index in [1.54, 1.807) is 62.6 Å². The third-order valence-corrected chi connectivity index (χ3v) is 9.40. The first-order chi connectivity index (χ1) is 20.1. The molecular weight excluding hydrogens is 576 g/mol. The molecule has 2 heterocycles. The van der Waals surface area contributed by atoms with Crippen molar-refractivity contribution in [3.05, 3.63) is 99.4 Å². The Balaban J connectivity index is 1.70. The monoisotopic (exact) mass is 604 g/mol. The van der Waals surface area contributed by atoms with E-state index in [4.69, 9.17) is 9.02 Å². The molecule has 3 aromatic carbocycles. The van der Waals surface area contributed by atoms with Gasteiger partial charge in [0.15, 0.2) is 11.6 Å². The van der Waals surface area contributed by atoms with Crippen molar-refractivity contribution >= 4 is 60.0 Å². The van der Waals surface area contributed by atoms with Crippen LogP contribution in [-0.2, 0) is 32.4 Å². The number of Topliss-reactive ketones (excluding diaryl/α,β-unsaturated/α-hetero) is 1. The van der Waals surface area contributed by atoms with Gasteiger partial charge in [-0.3, -0.25) is 9.59 Å². The van der Waals surface area contributed by atoms with Crippen LogP contribution >= 0.6 is 11.3 Å². The number of aryl methyl sites for hydroxylation is 2. The number of methoxy groups -OCH3 is 1. The van der Waals surface area contributed by atoms with Crippen LogP contribution in [-0.4, -0.2) is 37.3 Å². The lowest BCUT2D eigenvalue weighted by molar-refractivity contribution is 0.0886. The molecule has 2 aromatic heterocycles. The average molecular weight is 605 g/mol. The summed E-state index contributed by atoms with van der Waals surface area (Å²) in [6.45, 7) is 5.04. The number of hydrogen-bond donors (Lipinski definition) is 1. The Kier molecular flexibility index (Phi) is 8.22. The number of amides is 1. The van der Waals surface area contributed by atoms with Crippen molar-refractivity contribution in [1.29, 1.82) is 0 Å². The number of benzene rings is 3. The van der Waals surface area contributed by atoms with E-state index in [1.807, 2.05) is 6.92 Å². The Labute approximate surface area is 247 Å². The molecule has 216 valence electrons. The van der Waals surface area contributed by atoms with Gasteiger partial charge in [0.25, 0.3) is 5.91 Å². The highest BCUT2D eigenvalue weighted by molar-refractivity contribution is 7.86. The number of nitrogens with zero attached hydrogens (tertiary/aromatic N) is 2. The summed E-state index contributed by atoms with van der Waals surface area (Å²) in [5, 5.41) is 11.7. The minimum atomic E-state index is -4.47. The first-order valence-electron chi connectivity index (χ1n) is 13.0. The van der Waals surface area contributed by atoms with E-state index in [0.29, 0.717) is 42.7 Å². The maximum Gasteiger partial charge on any atom is 0.318 e. The summed E-state index contributed by atoms with van der Waals surface area (Å²) in [5.74, 6) is -1.01. The normalized spacial score (nSPS) is 11.7. The number of thiophene rings is 1. The second kappa shape index (κ2) is 11.7. The van der Waals surface area contributed by atoms with Crippen LogP contribution in [0.1, 0.15) is 49.2 Å². The molecule has 9 nitrogen and oxygen atoms in total. The lowest BCUT2D eigenvalue weighted by Crippen LogP contribution is -2.34. The largest absolute Gasteiger partial charge is 0.392 e. The fourth-order valence-electron chi connectivity index (χ4n) is 4.76. The van der Waals surface area contributed by atoms with Crippen molar-refractivity contribution < 1.29 is 32.1 Å². The fraction of sp³-hybridized carbons (Fsp3) is 0.194. The number of ether oxygens (including phenoxy) is 1. The first kappa shape index (κ1) is 29.5.